The summed E-state index contributed by atoms with van der Waals surface area (Å²) in [5.74, 6) is 1.73. The molecule has 88 valence electrons. The number of halogens is 1. The second-order valence-electron chi connectivity index (χ2n) is 4.96. The molecule has 3 heteroatoms. The number of likely N-dealkylation sites (tertiary alicyclic amines) is 1. The molecule has 1 amide bonds. The van der Waals surface area contributed by atoms with E-state index in [1.54, 1.807) is 0 Å². The number of amides is 1. The van der Waals surface area contributed by atoms with Crippen LogP contribution in [-0.2, 0) is 4.79 Å². The molecule has 0 bridgehead atoms. The molecule has 0 spiro atoms. The molecule has 15 heavy (non-hydrogen) atoms. The summed E-state index contributed by atoms with van der Waals surface area (Å²) < 4.78 is 0. The molecule has 1 atom stereocenters. The van der Waals surface area contributed by atoms with E-state index in [2.05, 4.69) is 29.8 Å². The van der Waals surface area contributed by atoms with Gasteiger partial charge in [0.1, 0.15) is 0 Å². The largest absolute Gasteiger partial charge is 0.342 e. The summed E-state index contributed by atoms with van der Waals surface area (Å²) in [7, 11) is 0. The third-order valence-corrected chi connectivity index (χ3v) is 4.45. The van der Waals surface area contributed by atoms with Gasteiger partial charge >= 0.3 is 0 Å². The van der Waals surface area contributed by atoms with Gasteiger partial charge in [0.25, 0.3) is 0 Å². The van der Waals surface area contributed by atoms with Crippen LogP contribution in [0.2, 0.25) is 0 Å². The van der Waals surface area contributed by atoms with E-state index in [0.29, 0.717) is 11.8 Å². The Labute approximate surface area is 102 Å². The number of piperidine rings is 1. The fourth-order valence-corrected chi connectivity index (χ4v) is 2.53. The summed E-state index contributed by atoms with van der Waals surface area (Å²) in [5, 5.41) is 1.08. The lowest BCUT2D eigenvalue weighted by atomic mass is 9.93. The summed E-state index contributed by atoms with van der Waals surface area (Å²) in [4.78, 5) is 14.1. The van der Waals surface area contributed by atoms with Gasteiger partial charge in [-0.05, 0) is 24.7 Å². The smallest absolute Gasteiger partial charge is 0.225 e. The maximum absolute atomic E-state index is 12.0. The summed E-state index contributed by atoms with van der Waals surface area (Å²) in [5.41, 5.74) is 0. The highest BCUT2D eigenvalue weighted by molar-refractivity contribution is 9.09. The predicted octanol–water partition coefficient (Wildman–Crippen LogP) is 2.91. The Morgan fingerprint density at radius 1 is 1.33 bits per heavy atom. The van der Waals surface area contributed by atoms with Crippen molar-refractivity contribution < 1.29 is 4.79 Å². The molecular weight excluding hydrogens is 254 g/mol. The van der Waals surface area contributed by atoms with E-state index in [-0.39, 0.29) is 5.92 Å². The van der Waals surface area contributed by atoms with Crippen LogP contribution in [0.4, 0.5) is 0 Å². The Kier molecular flexibility index (Phi) is 5.10. The van der Waals surface area contributed by atoms with Crippen molar-refractivity contribution in [3.8, 4) is 0 Å². The molecule has 1 fully saturated rings. The van der Waals surface area contributed by atoms with Crippen LogP contribution in [0.5, 0.6) is 0 Å². The highest BCUT2D eigenvalue weighted by Crippen LogP contribution is 2.22. The summed E-state index contributed by atoms with van der Waals surface area (Å²) >= 11 is 3.52. The van der Waals surface area contributed by atoms with Crippen LogP contribution in [0.15, 0.2) is 0 Å². The summed E-state index contributed by atoms with van der Waals surface area (Å²) in [6.07, 6.45) is 2.31. The SMILES string of the molecule is CC(C)C(C)C(=O)N1CCC(CBr)CC1. The average Bonchev–Trinajstić information content (AvgIpc) is 2.27. The first kappa shape index (κ1) is 13.0. The molecule has 1 unspecified atom stereocenters. The van der Waals surface area contributed by atoms with Crippen LogP contribution in [-0.4, -0.2) is 29.2 Å². The van der Waals surface area contributed by atoms with Crippen LogP contribution >= 0.6 is 15.9 Å². The molecular formula is C12H22BrNO. The average molecular weight is 276 g/mol. The van der Waals surface area contributed by atoms with Crippen LogP contribution < -0.4 is 0 Å². The van der Waals surface area contributed by atoms with Crippen molar-refractivity contribution in [1.82, 2.24) is 4.90 Å². The van der Waals surface area contributed by atoms with Crippen molar-refractivity contribution in [2.45, 2.75) is 33.6 Å². The second kappa shape index (κ2) is 5.88. The Morgan fingerprint density at radius 2 is 1.87 bits per heavy atom. The van der Waals surface area contributed by atoms with Crippen LogP contribution in [0.3, 0.4) is 0 Å². The first-order valence-corrected chi connectivity index (χ1v) is 7.03. The van der Waals surface area contributed by atoms with E-state index < -0.39 is 0 Å². The Balaban J connectivity index is 2.42. The quantitative estimate of drug-likeness (QED) is 0.726. The van der Waals surface area contributed by atoms with Gasteiger partial charge in [-0.15, -0.1) is 0 Å². The van der Waals surface area contributed by atoms with E-state index in [0.717, 1.165) is 37.2 Å². The topological polar surface area (TPSA) is 20.3 Å². The van der Waals surface area contributed by atoms with E-state index in [1.807, 2.05) is 11.8 Å². The number of nitrogens with zero attached hydrogens (tertiary/aromatic N) is 1. The molecule has 0 aromatic heterocycles. The van der Waals surface area contributed by atoms with Crippen molar-refractivity contribution in [3.63, 3.8) is 0 Å². The molecule has 1 rings (SSSR count). The monoisotopic (exact) mass is 275 g/mol. The number of carbonyl (C=O) groups is 1. The fourth-order valence-electron chi connectivity index (χ4n) is 1.88. The maximum atomic E-state index is 12.0. The number of carbonyl (C=O) groups excluding carboxylic acids is 1. The van der Waals surface area contributed by atoms with Gasteiger partial charge in [-0.25, -0.2) is 0 Å². The lowest BCUT2D eigenvalue weighted by Crippen LogP contribution is -2.42. The zero-order valence-corrected chi connectivity index (χ0v) is 11.6. The van der Waals surface area contributed by atoms with Gasteiger partial charge < -0.3 is 4.90 Å². The van der Waals surface area contributed by atoms with Crippen molar-refractivity contribution in [2.75, 3.05) is 18.4 Å². The van der Waals surface area contributed by atoms with Gasteiger partial charge in [-0.1, -0.05) is 36.7 Å². The van der Waals surface area contributed by atoms with Crippen molar-refractivity contribution in [1.29, 1.82) is 0 Å². The zero-order chi connectivity index (χ0) is 11.4. The normalized spacial score (nSPS) is 20.7. The van der Waals surface area contributed by atoms with Crippen LogP contribution in [0.1, 0.15) is 33.6 Å². The van der Waals surface area contributed by atoms with Crippen molar-refractivity contribution in [3.05, 3.63) is 0 Å². The van der Waals surface area contributed by atoms with E-state index in [9.17, 15) is 4.79 Å². The van der Waals surface area contributed by atoms with Crippen LogP contribution in [0.25, 0.3) is 0 Å². The summed E-state index contributed by atoms with van der Waals surface area (Å²) in [6.45, 7) is 8.18. The van der Waals surface area contributed by atoms with E-state index in [4.69, 9.17) is 0 Å². The minimum atomic E-state index is 0.172. The van der Waals surface area contributed by atoms with Gasteiger partial charge in [-0.3, -0.25) is 4.79 Å². The van der Waals surface area contributed by atoms with Gasteiger partial charge in [0.05, 0.1) is 0 Å². The van der Waals surface area contributed by atoms with Gasteiger partial charge in [-0.2, -0.15) is 0 Å². The molecule has 0 N–H and O–H groups in total. The lowest BCUT2D eigenvalue weighted by Gasteiger charge is -2.33. The van der Waals surface area contributed by atoms with Crippen LogP contribution in [0, 0.1) is 17.8 Å². The molecule has 0 aromatic rings. The number of rotatable bonds is 3. The molecule has 0 aliphatic carbocycles. The standard InChI is InChI=1S/C12H22BrNO/c1-9(2)10(3)12(15)14-6-4-11(8-13)5-7-14/h9-11H,4-8H2,1-3H3. The zero-order valence-electron chi connectivity index (χ0n) is 10.0. The first-order chi connectivity index (χ1) is 7.06. The second-order valence-corrected chi connectivity index (χ2v) is 5.60. The Hall–Kier alpha value is -0.0500. The lowest BCUT2D eigenvalue weighted by molar-refractivity contribution is -0.137. The van der Waals surface area contributed by atoms with Gasteiger partial charge in [0.15, 0.2) is 0 Å². The van der Waals surface area contributed by atoms with Crippen molar-refractivity contribution in [2.24, 2.45) is 17.8 Å². The molecule has 1 saturated heterocycles. The maximum Gasteiger partial charge on any atom is 0.225 e. The molecule has 0 saturated carbocycles. The molecule has 2 nitrogen and oxygen atoms in total. The minimum absolute atomic E-state index is 0.172. The predicted molar refractivity (Wildman–Crippen MR) is 67.1 cm³/mol. The molecule has 0 radical (unpaired) electrons. The number of alkyl halides is 1. The molecule has 1 aliphatic rings. The number of hydrogen-bond donors (Lipinski definition) is 0. The Morgan fingerprint density at radius 3 is 2.27 bits per heavy atom. The van der Waals surface area contributed by atoms with Gasteiger partial charge in [0, 0.05) is 24.3 Å². The summed E-state index contributed by atoms with van der Waals surface area (Å²) in [6, 6.07) is 0. The van der Waals surface area contributed by atoms with Crippen molar-refractivity contribution >= 4 is 21.8 Å². The van der Waals surface area contributed by atoms with E-state index in [1.165, 1.54) is 0 Å². The highest BCUT2D eigenvalue weighted by atomic mass is 79.9. The minimum Gasteiger partial charge on any atom is -0.342 e. The first-order valence-electron chi connectivity index (χ1n) is 5.91. The Bertz CT molecular complexity index is 210. The molecule has 1 aliphatic heterocycles. The highest BCUT2D eigenvalue weighted by Gasteiger charge is 2.26. The molecule has 0 aromatic carbocycles. The third-order valence-electron chi connectivity index (χ3n) is 3.53. The number of hydrogen-bond acceptors (Lipinski definition) is 1. The third kappa shape index (κ3) is 3.47. The van der Waals surface area contributed by atoms with Gasteiger partial charge in [0.2, 0.25) is 5.91 Å². The fraction of sp³-hybridized carbons (Fsp3) is 0.917. The molecule has 1 heterocycles. The van der Waals surface area contributed by atoms with E-state index >= 15 is 0 Å².